The van der Waals surface area contributed by atoms with E-state index in [-0.39, 0.29) is 23.6 Å². The number of carbonyl (C=O) groups excluding carboxylic acids is 2. The largest absolute Gasteiger partial charge is 0.399 e. The van der Waals surface area contributed by atoms with E-state index in [1.54, 1.807) is 19.1 Å². The van der Waals surface area contributed by atoms with Crippen molar-refractivity contribution in [2.45, 2.75) is 30.7 Å². The van der Waals surface area contributed by atoms with Crippen molar-refractivity contribution in [1.29, 1.82) is 0 Å². The number of nitrogen functional groups attached to an aromatic ring is 1. The number of benzene rings is 1. The Labute approximate surface area is 123 Å². The molecule has 21 heavy (non-hydrogen) atoms. The molecular formula is C13H17N3O4S. The zero-order valence-corrected chi connectivity index (χ0v) is 12.6. The van der Waals surface area contributed by atoms with Gasteiger partial charge in [0, 0.05) is 19.2 Å². The zero-order valence-electron chi connectivity index (χ0n) is 11.8. The van der Waals surface area contributed by atoms with E-state index in [1.165, 1.54) is 13.1 Å². The first-order valence-electron chi connectivity index (χ1n) is 6.41. The summed E-state index contributed by atoms with van der Waals surface area (Å²) in [5, 5.41) is 0. The number of aryl methyl sites for hydroxylation is 1. The van der Waals surface area contributed by atoms with Gasteiger partial charge < -0.3 is 5.73 Å². The molecule has 0 aromatic heterocycles. The number of rotatable bonds is 3. The normalized spacial score (nSPS) is 19.9. The third-order valence-electron chi connectivity index (χ3n) is 3.45. The number of carbonyl (C=O) groups is 2. The van der Waals surface area contributed by atoms with Crippen LogP contribution in [0.5, 0.6) is 0 Å². The fourth-order valence-corrected chi connectivity index (χ4v) is 3.69. The predicted molar refractivity (Wildman–Crippen MR) is 76.7 cm³/mol. The predicted octanol–water partition coefficient (Wildman–Crippen LogP) is 0.00292. The summed E-state index contributed by atoms with van der Waals surface area (Å²) in [7, 11) is -2.53. The molecule has 1 aromatic carbocycles. The minimum Gasteiger partial charge on any atom is -0.399 e. The van der Waals surface area contributed by atoms with E-state index in [0.29, 0.717) is 11.3 Å². The smallest absolute Gasteiger partial charge is 0.247 e. The van der Waals surface area contributed by atoms with Crippen LogP contribution in [0.4, 0.5) is 5.69 Å². The first-order valence-corrected chi connectivity index (χ1v) is 7.89. The van der Waals surface area contributed by atoms with Gasteiger partial charge in [0.25, 0.3) is 0 Å². The molecule has 114 valence electrons. The molecule has 1 heterocycles. The lowest BCUT2D eigenvalue weighted by Gasteiger charge is -2.28. The van der Waals surface area contributed by atoms with E-state index in [2.05, 4.69) is 4.72 Å². The minimum absolute atomic E-state index is 0.0369. The molecule has 7 nitrogen and oxygen atoms in total. The maximum Gasteiger partial charge on any atom is 0.247 e. The maximum atomic E-state index is 12.4. The number of hydrogen-bond acceptors (Lipinski definition) is 5. The quantitative estimate of drug-likeness (QED) is 0.603. The van der Waals surface area contributed by atoms with Crippen LogP contribution in [0.15, 0.2) is 23.1 Å². The summed E-state index contributed by atoms with van der Waals surface area (Å²) < 4.78 is 27.1. The van der Waals surface area contributed by atoms with Crippen molar-refractivity contribution >= 4 is 27.5 Å². The van der Waals surface area contributed by atoms with Crippen molar-refractivity contribution in [3.63, 3.8) is 0 Å². The number of likely N-dealkylation sites (tertiary alicyclic amines) is 1. The van der Waals surface area contributed by atoms with Gasteiger partial charge in [0.1, 0.15) is 6.04 Å². The Hall–Kier alpha value is -1.93. The lowest BCUT2D eigenvalue weighted by atomic mass is 10.1. The number of nitrogens with zero attached hydrogens (tertiary/aromatic N) is 1. The highest BCUT2D eigenvalue weighted by Gasteiger charge is 2.35. The third-order valence-corrected chi connectivity index (χ3v) is 5.06. The summed E-state index contributed by atoms with van der Waals surface area (Å²) in [5.41, 5.74) is 6.47. The van der Waals surface area contributed by atoms with Crippen LogP contribution < -0.4 is 10.5 Å². The van der Waals surface area contributed by atoms with Crippen LogP contribution in [-0.4, -0.2) is 38.2 Å². The zero-order chi connectivity index (χ0) is 15.8. The second-order valence-corrected chi connectivity index (χ2v) is 6.71. The lowest BCUT2D eigenvalue weighted by Crippen LogP contribution is -2.52. The van der Waals surface area contributed by atoms with E-state index in [0.717, 1.165) is 4.90 Å². The Morgan fingerprint density at radius 1 is 1.33 bits per heavy atom. The van der Waals surface area contributed by atoms with Gasteiger partial charge in [0.15, 0.2) is 0 Å². The summed E-state index contributed by atoms with van der Waals surface area (Å²) >= 11 is 0. The Balaban J connectivity index is 2.28. The number of nitrogens with one attached hydrogen (secondary N) is 1. The van der Waals surface area contributed by atoms with Gasteiger partial charge in [-0.25, -0.2) is 8.42 Å². The molecule has 8 heteroatoms. The number of anilines is 1. The molecule has 3 N–H and O–H groups in total. The average Bonchev–Trinajstić information content (AvgIpc) is 2.42. The second kappa shape index (κ2) is 5.45. The van der Waals surface area contributed by atoms with Gasteiger partial charge in [-0.2, -0.15) is 4.72 Å². The molecular weight excluding hydrogens is 294 g/mol. The molecule has 1 aromatic rings. The molecule has 1 aliphatic rings. The van der Waals surface area contributed by atoms with Crippen LogP contribution >= 0.6 is 0 Å². The molecule has 0 aliphatic carbocycles. The fraction of sp³-hybridized carbons (Fsp3) is 0.385. The van der Waals surface area contributed by atoms with Crippen LogP contribution in [0.25, 0.3) is 0 Å². The number of piperidine rings is 1. The van der Waals surface area contributed by atoms with Crippen molar-refractivity contribution < 1.29 is 18.0 Å². The molecule has 1 fully saturated rings. The fourth-order valence-electron chi connectivity index (χ4n) is 2.18. The number of imide groups is 1. The molecule has 2 rings (SSSR count). The van der Waals surface area contributed by atoms with Crippen molar-refractivity contribution in [2.24, 2.45) is 0 Å². The summed E-state index contributed by atoms with van der Waals surface area (Å²) in [4.78, 5) is 24.3. The van der Waals surface area contributed by atoms with Gasteiger partial charge in [0.2, 0.25) is 21.8 Å². The summed E-state index contributed by atoms with van der Waals surface area (Å²) in [5.74, 6) is -0.855. The van der Waals surface area contributed by atoms with E-state index in [1.807, 2.05) is 0 Å². The number of sulfonamides is 1. The number of hydrogen-bond donors (Lipinski definition) is 2. The lowest BCUT2D eigenvalue weighted by molar-refractivity contribution is -0.147. The molecule has 2 amide bonds. The topological polar surface area (TPSA) is 110 Å². The Morgan fingerprint density at radius 2 is 2.00 bits per heavy atom. The highest BCUT2D eigenvalue weighted by molar-refractivity contribution is 7.89. The summed E-state index contributed by atoms with van der Waals surface area (Å²) in [6, 6.07) is 3.62. The average molecular weight is 311 g/mol. The molecule has 1 aliphatic heterocycles. The summed E-state index contributed by atoms with van der Waals surface area (Å²) in [6.07, 6.45) is 0.286. The van der Waals surface area contributed by atoms with Crippen LogP contribution in [0.3, 0.4) is 0 Å². The van der Waals surface area contributed by atoms with Gasteiger partial charge >= 0.3 is 0 Å². The molecule has 1 saturated heterocycles. The summed E-state index contributed by atoms with van der Waals surface area (Å²) in [6.45, 7) is 1.65. The first-order chi connectivity index (χ1) is 9.72. The number of nitrogens with two attached hydrogens (primary N) is 1. The van der Waals surface area contributed by atoms with Gasteiger partial charge in [-0.1, -0.05) is 6.07 Å². The third kappa shape index (κ3) is 3.06. The minimum atomic E-state index is -3.88. The van der Waals surface area contributed by atoms with Crippen LogP contribution in [-0.2, 0) is 19.6 Å². The van der Waals surface area contributed by atoms with Gasteiger partial charge in [0.05, 0.1) is 4.90 Å². The number of likely N-dealkylation sites (N-methyl/N-ethyl adjacent to an activating group) is 1. The van der Waals surface area contributed by atoms with Crippen molar-refractivity contribution in [3.8, 4) is 0 Å². The van der Waals surface area contributed by atoms with E-state index < -0.39 is 22.0 Å². The Bertz CT molecular complexity index is 699. The molecule has 0 saturated carbocycles. The molecule has 0 spiro atoms. The highest BCUT2D eigenvalue weighted by atomic mass is 32.2. The van der Waals surface area contributed by atoms with Crippen LogP contribution in [0, 0.1) is 6.92 Å². The molecule has 1 atom stereocenters. The van der Waals surface area contributed by atoms with Crippen molar-refractivity contribution in [3.05, 3.63) is 23.8 Å². The van der Waals surface area contributed by atoms with Gasteiger partial charge in [-0.3, -0.25) is 14.5 Å². The Kier molecular flexibility index (Phi) is 4.02. The van der Waals surface area contributed by atoms with Crippen molar-refractivity contribution in [2.75, 3.05) is 12.8 Å². The monoisotopic (exact) mass is 311 g/mol. The SMILES string of the molecule is Cc1ccc(N)cc1S(=O)(=O)NC1CCC(=O)N(C)C1=O. The van der Waals surface area contributed by atoms with Crippen LogP contribution in [0.2, 0.25) is 0 Å². The van der Waals surface area contributed by atoms with Crippen molar-refractivity contribution in [1.82, 2.24) is 9.62 Å². The first kappa shape index (κ1) is 15.5. The van der Waals surface area contributed by atoms with E-state index >= 15 is 0 Å². The van der Waals surface area contributed by atoms with Gasteiger partial charge in [-0.05, 0) is 31.0 Å². The molecule has 1 unspecified atom stereocenters. The maximum absolute atomic E-state index is 12.4. The second-order valence-electron chi connectivity index (χ2n) is 5.03. The molecule has 0 radical (unpaired) electrons. The Morgan fingerprint density at radius 3 is 2.67 bits per heavy atom. The van der Waals surface area contributed by atoms with E-state index in [9.17, 15) is 18.0 Å². The standard InChI is InChI=1S/C13H17N3O4S/c1-8-3-4-9(14)7-11(8)21(19,20)15-10-5-6-12(17)16(2)13(10)18/h3-4,7,10,15H,5-6,14H2,1-2H3. The molecule has 0 bridgehead atoms. The van der Waals surface area contributed by atoms with Crippen LogP contribution in [0.1, 0.15) is 18.4 Å². The highest BCUT2D eigenvalue weighted by Crippen LogP contribution is 2.20. The van der Waals surface area contributed by atoms with E-state index in [4.69, 9.17) is 5.73 Å². The number of amides is 2. The van der Waals surface area contributed by atoms with Gasteiger partial charge in [-0.15, -0.1) is 0 Å².